The van der Waals surface area contributed by atoms with Gasteiger partial charge in [0.2, 0.25) is 0 Å². The first-order valence-corrected chi connectivity index (χ1v) is 7.02. The molecule has 16 heavy (non-hydrogen) atoms. The van der Waals surface area contributed by atoms with Crippen molar-refractivity contribution in [3.63, 3.8) is 0 Å². The van der Waals surface area contributed by atoms with Crippen LogP contribution in [0.5, 0.6) is 0 Å². The van der Waals surface area contributed by atoms with Gasteiger partial charge in [-0.25, -0.2) is 4.52 Å². The van der Waals surface area contributed by atoms with Crippen molar-refractivity contribution in [2.75, 3.05) is 54.2 Å². The van der Waals surface area contributed by atoms with Gasteiger partial charge in [-0.15, -0.1) is 0 Å². The molecular weight excluding hydrogens is 233 g/mol. The summed E-state index contributed by atoms with van der Waals surface area (Å²) in [5.41, 5.74) is 0. The summed E-state index contributed by atoms with van der Waals surface area (Å²) < 4.78 is 11.0. The quantitative estimate of drug-likeness (QED) is 0.195. The fraction of sp³-hybridized carbons (Fsp3) is 1.00. The number of quaternary nitrogens is 1. The molecule has 0 heterocycles. The van der Waals surface area contributed by atoms with Gasteiger partial charge in [0.25, 0.3) is 0 Å². The van der Waals surface area contributed by atoms with Crippen molar-refractivity contribution >= 4 is 8.38 Å². The van der Waals surface area contributed by atoms with Gasteiger partial charge < -0.3 is 14.7 Å². The molecule has 0 aromatic rings. The Morgan fingerprint density at radius 2 is 1.94 bits per heavy atom. The standard InChI is InChI=1S/C9H23NO5P/c1-10(2,3)5-6-13-15-16(4)14-8-9(12)7-11/h9,11-12H,5-8H2,1-4H3/q+1/p+1. The molecular formula is C9H24NO5P+2. The highest BCUT2D eigenvalue weighted by Crippen LogP contribution is 2.33. The van der Waals surface area contributed by atoms with Crippen LogP contribution in [0.1, 0.15) is 0 Å². The fourth-order valence-corrected chi connectivity index (χ4v) is 1.45. The van der Waals surface area contributed by atoms with E-state index >= 15 is 0 Å². The maximum Gasteiger partial charge on any atom is 0.301 e. The monoisotopic (exact) mass is 257 g/mol. The average molecular weight is 257 g/mol. The van der Waals surface area contributed by atoms with Gasteiger partial charge in [-0.1, -0.05) is 4.67 Å². The molecule has 0 aromatic heterocycles. The van der Waals surface area contributed by atoms with Crippen molar-refractivity contribution in [1.82, 2.24) is 0 Å². The van der Waals surface area contributed by atoms with Crippen LogP contribution in [0.2, 0.25) is 0 Å². The van der Waals surface area contributed by atoms with Crippen LogP contribution in [0, 0.1) is 0 Å². The van der Waals surface area contributed by atoms with Gasteiger partial charge in [-0.2, -0.15) is 4.89 Å². The highest BCUT2D eigenvalue weighted by atomic mass is 31.2. The van der Waals surface area contributed by atoms with Crippen molar-refractivity contribution in [3.05, 3.63) is 0 Å². The lowest BCUT2D eigenvalue weighted by Gasteiger charge is -2.22. The van der Waals surface area contributed by atoms with Gasteiger partial charge in [0.05, 0.1) is 27.7 Å². The highest BCUT2D eigenvalue weighted by molar-refractivity contribution is 7.46. The smallest absolute Gasteiger partial charge is 0.301 e. The predicted molar refractivity (Wildman–Crippen MR) is 63.2 cm³/mol. The van der Waals surface area contributed by atoms with Gasteiger partial charge in [-0.3, -0.25) is 0 Å². The Balaban J connectivity index is 3.40. The van der Waals surface area contributed by atoms with E-state index in [1.165, 1.54) is 0 Å². The van der Waals surface area contributed by atoms with Crippen molar-refractivity contribution < 1.29 is 28.8 Å². The number of aliphatic hydroxyl groups is 2. The molecule has 0 aliphatic heterocycles. The molecule has 0 fully saturated rings. The van der Waals surface area contributed by atoms with Crippen molar-refractivity contribution in [1.29, 1.82) is 0 Å². The molecule has 0 amide bonds. The van der Waals surface area contributed by atoms with Crippen LogP contribution in [-0.4, -0.2) is 75.0 Å². The number of nitrogens with zero attached hydrogens (tertiary/aromatic N) is 1. The minimum absolute atomic E-state index is 0.0694. The number of aliphatic hydroxyl groups excluding tert-OH is 2. The maximum absolute atomic E-state index is 9.03. The van der Waals surface area contributed by atoms with Gasteiger partial charge in [0.15, 0.2) is 0 Å². The molecule has 0 radical (unpaired) electrons. The number of likely N-dealkylation sites (N-methyl/N-ethyl adjacent to an activating group) is 1. The number of rotatable bonds is 9. The van der Waals surface area contributed by atoms with Crippen LogP contribution in [-0.2, 0) is 14.1 Å². The Morgan fingerprint density at radius 1 is 1.31 bits per heavy atom. The lowest BCUT2D eigenvalue weighted by atomic mass is 10.4. The summed E-state index contributed by atoms with van der Waals surface area (Å²) in [5.74, 6) is 0. The van der Waals surface area contributed by atoms with E-state index < -0.39 is 14.5 Å². The Kier molecular flexibility index (Phi) is 8.40. The zero-order chi connectivity index (χ0) is 12.6. The Morgan fingerprint density at radius 3 is 2.44 bits per heavy atom. The van der Waals surface area contributed by atoms with E-state index in [1.54, 1.807) is 6.66 Å². The minimum atomic E-state index is -1.51. The molecule has 0 saturated heterocycles. The Labute approximate surface area is 98.2 Å². The predicted octanol–water partition coefficient (Wildman–Crippen LogP) is -0.315. The van der Waals surface area contributed by atoms with Crippen LogP contribution in [0.15, 0.2) is 0 Å². The van der Waals surface area contributed by atoms with Crippen LogP contribution in [0.4, 0.5) is 0 Å². The van der Waals surface area contributed by atoms with Crippen molar-refractivity contribution in [2.24, 2.45) is 0 Å². The SMILES string of the molecule is C[PH+](OCC(O)CO)OOCC[N+](C)(C)C. The third-order valence-electron chi connectivity index (χ3n) is 1.71. The molecule has 0 saturated carbocycles. The highest BCUT2D eigenvalue weighted by Gasteiger charge is 2.16. The second-order valence-electron chi connectivity index (χ2n) is 4.56. The van der Waals surface area contributed by atoms with Gasteiger partial charge in [0, 0.05) is 0 Å². The van der Waals surface area contributed by atoms with E-state index in [2.05, 4.69) is 21.1 Å². The molecule has 2 unspecified atom stereocenters. The molecule has 2 N–H and O–H groups in total. The van der Waals surface area contributed by atoms with Crippen LogP contribution in [0.25, 0.3) is 0 Å². The molecule has 0 aromatic carbocycles. The molecule has 7 heteroatoms. The maximum atomic E-state index is 9.03. The lowest BCUT2D eigenvalue weighted by Crippen LogP contribution is -2.37. The molecule has 0 bridgehead atoms. The topological polar surface area (TPSA) is 68.2 Å². The number of hydrogen-bond donors (Lipinski definition) is 2. The van der Waals surface area contributed by atoms with Gasteiger partial charge >= 0.3 is 8.38 Å². The first kappa shape index (κ1) is 16.2. The van der Waals surface area contributed by atoms with Crippen LogP contribution in [0.3, 0.4) is 0 Å². The van der Waals surface area contributed by atoms with E-state index in [9.17, 15) is 0 Å². The summed E-state index contributed by atoms with van der Waals surface area (Å²) in [4.78, 5) is 5.00. The lowest BCUT2D eigenvalue weighted by molar-refractivity contribution is -0.871. The average Bonchev–Trinajstić information content (AvgIpc) is 2.19. The van der Waals surface area contributed by atoms with Crippen LogP contribution < -0.4 is 0 Å². The summed E-state index contributed by atoms with van der Waals surface area (Å²) in [6.45, 7) is 2.87. The zero-order valence-corrected chi connectivity index (χ0v) is 11.5. The molecule has 2 atom stereocenters. The molecule has 0 spiro atoms. The normalized spacial score (nSPS) is 16.1. The summed E-state index contributed by atoms with van der Waals surface area (Å²) in [6, 6.07) is 0. The summed E-state index contributed by atoms with van der Waals surface area (Å²) in [7, 11) is 4.68. The molecule has 0 aliphatic rings. The first-order valence-electron chi connectivity index (χ1n) is 5.20. The zero-order valence-electron chi connectivity index (χ0n) is 10.5. The first-order chi connectivity index (χ1) is 7.35. The summed E-state index contributed by atoms with van der Waals surface area (Å²) in [6.07, 6.45) is -0.852. The fourth-order valence-electron chi connectivity index (χ4n) is 0.726. The molecule has 6 nitrogen and oxygen atoms in total. The van der Waals surface area contributed by atoms with Gasteiger partial charge in [-0.05, 0) is 0 Å². The third-order valence-corrected chi connectivity index (χ3v) is 2.64. The largest absolute Gasteiger partial charge is 0.394 e. The molecule has 0 aliphatic carbocycles. The van der Waals surface area contributed by atoms with Gasteiger partial charge in [0.1, 0.15) is 32.5 Å². The van der Waals surface area contributed by atoms with E-state index in [0.717, 1.165) is 11.0 Å². The third kappa shape index (κ3) is 10.7. The van der Waals surface area contributed by atoms with Crippen LogP contribution >= 0.6 is 8.38 Å². The van der Waals surface area contributed by atoms with Crippen molar-refractivity contribution in [3.8, 4) is 0 Å². The second-order valence-corrected chi connectivity index (χ2v) is 6.00. The summed E-state index contributed by atoms with van der Waals surface area (Å²) in [5, 5.41) is 17.6. The number of hydrogen-bond acceptors (Lipinski definition) is 5. The molecule has 0 rings (SSSR count). The minimum Gasteiger partial charge on any atom is -0.394 e. The van der Waals surface area contributed by atoms with E-state index in [1.807, 2.05) is 0 Å². The van der Waals surface area contributed by atoms with Crippen molar-refractivity contribution in [2.45, 2.75) is 6.10 Å². The second kappa shape index (κ2) is 8.31. The van der Waals surface area contributed by atoms with E-state index in [0.29, 0.717) is 6.61 Å². The Hall–Kier alpha value is 0.190. The summed E-state index contributed by atoms with van der Waals surface area (Å²) >= 11 is 0. The molecule has 98 valence electrons. The Bertz CT molecular complexity index is 176. The van der Waals surface area contributed by atoms with E-state index in [4.69, 9.17) is 24.3 Å². The van der Waals surface area contributed by atoms with E-state index in [-0.39, 0.29) is 13.2 Å².